The summed E-state index contributed by atoms with van der Waals surface area (Å²) in [5, 5.41) is 6.24. The van der Waals surface area contributed by atoms with Crippen LogP contribution in [0.5, 0.6) is 0 Å². The minimum Gasteiger partial charge on any atom is -0.372 e. The lowest BCUT2D eigenvalue weighted by molar-refractivity contribution is 0.102. The Kier molecular flexibility index (Phi) is 5.24. The Morgan fingerprint density at radius 2 is 1.75 bits per heavy atom. The molecule has 0 radical (unpaired) electrons. The number of pyridine rings is 1. The summed E-state index contributed by atoms with van der Waals surface area (Å²) in [7, 11) is 0. The summed E-state index contributed by atoms with van der Waals surface area (Å²) in [6, 6.07) is 19.6. The van der Waals surface area contributed by atoms with Gasteiger partial charge >= 0.3 is 0 Å². The first kappa shape index (κ1) is 18.0. The Morgan fingerprint density at radius 3 is 2.50 bits per heavy atom. The van der Waals surface area contributed by atoms with Crippen molar-refractivity contribution < 1.29 is 4.79 Å². The van der Waals surface area contributed by atoms with Gasteiger partial charge in [0, 0.05) is 41.9 Å². The maximum Gasteiger partial charge on any atom is 0.255 e. The Morgan fingerprint density at radius 1 is 1.00 bits per heavy atom. The molecule has 0 unspecified atom stereocenters. The summed E-state index contributed by atoms with van der Waals surface area (Å²) in [4.78, 5) is 19.3. The van der Waals surface area contributed by atoms with Gasteiger partial charge in [-0.1, -0.05) is 18.2 Å². The Labute approximate surface area is 165 Å². The van der Waals surface area contributed by atoms with Crippen LogP contribution >= 0.6 is 0 Å². The van der Waals surface area contributed by atoms with Crippen LogP contribution < -0.4 is 15.5 Å². The van der Waals surface area contributed by atoms with Crippen molar-refractivity contribution in [1.82, 2.24) is 4.98 Å². The highest BCUT2D eigenvalue weighted by atomic mass is 16.1. The van der Waals surface area contributed by atoms with Gasteiger partial charge in [0.2, 0.25) is 0 Å². The highest BCUT2D eigenvalue weighted by Crippen LogP contribution is 2.24. The van der Waals surface area contributed by atoms with E-state index in [1.807, 2.05) is 31.2 Å². The molecule has 1 aliphatic rings. The molecule has 28 heavy (non-hydrogen) atoms. The summed E-state index contributed by atoms with van der Waals surface area (Å²) in [5.41, 5.74) is 4.61. The second-order valence-electron chi connectivity index (χ2n) is 7.06. The highest BCUT2D eigenvalue weighted by molar-refractivity contribution is 6.05. The van der Waals surface area contributed by atoms with Crippen molar-refractivity contribution in [3.63, 3.8) is 0 Å². The number of carbonyl (C=O) groups is 1. The predicted molar refractivity (Wildman–Crippen MR) is 115 cm³/mol. The van der Waals surface area contributed by atoms with E-state index in [2.05, 4.69) is 44.8 Å². The van der Waals surface area contributed by atoms with Gasteiger partial charge in [0.25, 0.3) is 5.91 Å². The molecule has 2 heterocycles. The van der Waals surface area contributed by atoms with Crippen molar-refractivity contribution in [2.24, 2.45) is 0 Å². The first-order valence-electron chi connectivity index (χ1n) is 9.64. The fourth-order valence-electron chi connectivity index (χ4n) is 3.43. The minimum atomic E-state index is -0.149. The quantitative estimate of drug-likeness (QED) is 0.663. The normalized spacial score (nSPS) is 13.4. The molecule has 1 amide bonds. The lowest BCUT2D eigenvalue weighted by atomic mass is 10.2. The van der Waals surface area contributed by atoms with Crippen LogP contribution in [0.1, 0.15) is 28.8 Å². The summed E-state index contributed by atoms with van der Waals surface area (Å²) in [5.74, 6) is 0.496. The molecule has 2 N–H and O–H groups in total. The Bertz CT molecular complexity index is 962. The number of aryl methyl sites for hydroxylation is 1. The van der Waals surface area contributed by atoms with Crippen molar-refractivity contribution in [2.45, 2.75) is 19.8 Å². The molecular weight excluding hydrogens is 348 g/mol. The summed E-state index contributed by atoms with van der Waals surface area (Å²) in [6.45, 7) is 4.24. The molecule has 0 atom stereocenters. The van der Waals surface area contributed by atoms with E-state index in [9.17, 15) is 4.79 Å². The van der Waals surface area contributed by atoms with Crippen LogP contribution in [0.25, 0.3) is 0 Å². The molecule has 5 heteroatoms. The predicted octanol–water partition coefficient (Wildman–Crippen LogP) is 4.99. The lowest BCUT2D eigenvalue weighted by Crippen LogP contribution is -2.17. The summed E-state index contributed by atoms with van der Waals surface area (Å²) < 4.78 is 0. The third-order valence-electron chi connectivity index (χ3n) is 5.03. The number of nitrogens with zero attached hydrogens (tertiary/aromatic N) is 2. The van der Waals surface area contributed by atoms with E-state index < -0.39 is 0 Å². The standard InChI is InChI=1S/C23H24N4O/c1-17-6-2-3-7-21(17)26-23(28)18-12-13-24-22(16-18)25-19-8-10-20(11-9-19)27-14-4-5-15-27/h2-3,6-13,16H,4-5,14-15H2,1H3,(H,24,25)(H,26,28). The minimum absolute atomic E-state index is 0.149. The monoisotopic (exact) mass is 372 g/mol. The molecule has 1 fully saturated rings. The second-order valence-corrected chi connectivity index (χ2v) is 7.06. The lowest BCUT2D eigenvalue weighted by Gasteiger charge is -2.18. The molecule has 142 valence electrons. The van der Waals surface area contributed by atoms with Gasteiger partial charge in [0.1, 0.15) is 5.82 Å². The van der Waals surface area contributed by atoms with Gasteiger partial charge in [-0.3, -0.25) is 4.79 Å². The molecule has 4 rings (SSSR count). The van der Waals surface area contributed by atoms with Crippen molar-refractivity contribution in [3.05, 3.63) is 78.0 Å². The first-order valence-corrected chi connectivity index (χ1v) is 9.64. The van der Waals surface area contributed by atoms with E-state index in [1.165, 1.54) is 18.5 Å². The Balaban J connectivity index is 1.44. The van der Waals surface area contributed by atoms with E-state index in [1.54, 1.807) is 18.3 Å². The number of amides is 1. The van der Waals surface area contributed by atoms with Gasteiger partial charge in [-0.05, 0) is 67.8 Å². The van der Waals surface area contributed by atoms with Gasteiger partial charge in [0.05, 0.1) is 0 Å². The largest absolute Gasteiger partial charge is 0.372 e. The topological polar surface area (TPSA) is 57.3 Å². The Hall–Kier alpha value is -3.34. The summed E-state index contributed by atoms with van der Waals surface area (Å²) in [6.07, 6.45) is 4.18. The molecule has 2 aromatic carbocycles. The molecule has 5 nitrogen and oxygen atoms in total. The molecule has 0 bridgehead atoms. The van der Waals surface area contributed by atoms with E-state index in [4.69, 9.17) is 0 Å². The number of rotatable bonds is 5. The van der Waals surface area contributed by atoms with E-state index in [0.29, 0.717) is 11.4 Å². The number of para-hydroxylation sites is 1. The van der Waals surface area contributed by atoms with Gasteiger partial charge in [-0.15, -0.1) is 0 Å². The van der Waals surface area contributed by atoms with E-state index in [-0.39, 0.29) is 5.91 Å². The average Bonchev–Trinajstić information content (AvgIpc) is 3.25. The maximum atomic E-state index is 12.6. The van der Waals surface area contributed by atoms with Crippen molar-refractivity contribution in [2.75, 3.05) is 28.6 Å². The fourth-order valence-corrected chi connectivity index (χ4v) is 3.43. The van der Waals surface area contributed by atoms with Crippen molar-refractivity contribution in [3.8, 4) is 0 Å². The zero-order valence-corrected chi connectivity index (χ0v) is 16.0. The van der Waals surface area contributed by atoms with Gasteiger partial charge in [-0.2, -0.15) is 0 Å². The van der Waals surface area contributed by atoms with Gasteiger partial charge in [-0.25, -0.2) is 4.98 Å². The molecule has 3 aromatic rings. The smallest absolute Gasteiger partial charge is 0.255 e. The second kappa shape index (κ2) is 8.13. The van der Waals surface area contributed by atoms with Crippen molar-refractivity contribution in [1.29, 1.82) is 0 Å². The van der Waals surface area contributed by atoms with Crippen LogP contribution in [0.3, 0.4) is 0 Å². The van der Waals surface area contributed by atoms with Crippen LogP contribution in [0, 0.1) is 6.92 Å². The molecule has 1 aliphatic heterocycles. The van der Waals surface area contributed by atoms with E-state index in [0.717, 1.165) is 30.0 Å². The van der Waals surface area contributed by atoms with Gasteiger partial charge in [0.15, 0.2) is 0 Å². The molecule has 1 aromatic heterocycles. The molecule has 0 saturated carbocycles. The third kappa shape index (κ3) is 4.14. The maximum absolute atomic E-state index is 12.6. The first-order chi connectivity index (χ1) is 13.7. The average molecular weight is 372 g/mol. The van der Waals surface area contributed by atoms with Crippen LogP contribution in [0.2, 0.25) is 0 Å². The van der Waals surface area contributed by atoms with Crippen LogP contribution in [-0.4, -0.2) is 24.0 Å². The zero-order valence-electron chi connectivity index (χ0n) is 16.0. The van der Waals surface area contributed by atoms with Crippen LogP contribution in [-0.2, 0) is 0 Å². The van der Waals surface area contributed by atoms with E-state index >= 15 is 0 Å². The van der Waals surface area contributed by atoms with Crippen LogP contribution in [0.15, 0.2) is 66.9 Å². The number of nitrogens with one attached hydrogen (secondary N) is 2. The van der Waals surface area contributed by atoms with Crippen molar-refractivity contribution >= 4 is 28.8 Å². The summed E-state index contributed by atoms with van der Waals surface area (Å²) >= 11 is 0. The van der Waals surface area contributed by atoms with Gasteiger partial charge < -0.3 is 15.5 Å². The number of hydrogen-bond acceptors (Lipinski definition) is 4. The third-order valence-corrected chi connectivity index (χ3v) is 5.03. The number of carbonyl (C=O) groups excluding carboxylic acids is 1. The fraction of sp³-hybridized carbons (Fsp3) is 0.217. The number of benzene rings is 2. The highest BCUT2D eigenvalue weighted by Gasteiger charge is 2.12. The molecular formula is C23H24N4O. The number of aromatic nitrogens is 1. The molecule has 0 aliphatic carbocycles. The molecule has 0 spiro atoms. The number of anilines is 4. The molecule has 1 saturated heterocycles. The van der Waals surface area contributed by atoms with Crippen LogP contribution in [0.4, 0.5) is 22.9 Å². The zero-order chi connectivity index (χ0) is 19.3. The SMILES string of the molecule is Cc1ccccc1NC(=O)c1ccnc(Nc2ccc(N3CCCC3)cc2)c1. The number of hydrogen-bond donors (Lipinski definition) is 2.